The van der Waals surface area contributed by atoms with Gasteiger partial charge < -0.3 is 0 Å². The Morgan fingerprint density at radius 1 is 0.938 bits per heavy atom. The topological polar surface area (TPSA) is 15.7 Å². The second-order valence-electron chi connectivity index (χ2n) is 6.42. The van der Waals surface area contributed by atoms with Crippen LogP contribution >= 0.6 is 0 Å². The second-order valence-corrected chi connectivity index (χ2v) is 21.6. The summed E-state index contributed by atoms with van der Waals surface area (Å²) in [6.07, 6.45) is 0. The third kappa shape index (κ3) is 7.44. The van der Waals surface area contributed by atoms with Gasteiger partial charge in [-0.2, -0.15) is 0 Å². The molecule has 16 heavy (non-hydrogen) atoms. The van der Waals surface area contributed by atoms with Gasteiger partial charge in [-0.05, 0) is 0 Å². The monoisotopic (exact) mass is 368 g/mol. The summed E-state index contributed by atoms with van der Waals surface area (Å²) in [5.74, 6) is 0. The molecule has 0 amide bonds. The van der Waals surface area contributed by atoms with Crippen LogP contribution in [-0.4, -0.2) is 72.9 Å². The third-order valence-corrected chi connectivity index (χ3v) is 23.0. The van der Waals surface area contributed by atoms with E-state index in [0.29, 0.717) is 0 Å². The Morgan fingerprint density at radius 2 is 1.38 bits per heavy atom. The van der Waals surface area contributed by atoms with Crippen LogP contribution in [0.4, 0.5) is 0 Å². The normalized spacial score (nSPS) is 13.9. The van der Waals surface area contributed by atoms with Crippen LogP contribution in [0.15, 0.2) is 0 Å². The minimum absolute atomic E-state index is 0.790. The number of likely N-dealkylation sites (N-methyl/N-ethyl adjacent to an activating group) is 1. The summed E-state index contributed by atoms with van der Waals surface area (Å²) in [5, 5.41) is 0. The molecule has 3 nitrogen and oxygen atoms in total. The molecule has 0 aliphatic carbocycles. The first-order chi connectivity index (χ1) is 7.05. The van der Waals surface area contributed by atoms with Gasteiger partial charge in [0.2, 0.25) is 0 Å². The molecule has 0 saturated heterocycles. The van der Waals surface area contributed by atoms with Crippen molar-refractivity contribution in [3.63, 3.8) is 0 Å². The Kier molecular flexibility index (Phi) is 7.37. The molecule has 0 atom stereocenters. The standard InChI is InChI=1S/C6H18NSi2.C4H10NO.Sn/c1-8(2,3)7-9(4,5)6;1-5(2)3-4-6;/h1-6H3;3-4H2,1-2H3;/q2*-1;+2. The maximum atomic E-state index is 5.98. The number of hydrogen-bond acceptors (Lipinski definition) is 3. The van der Waals surface area contributed by atoms with Crippen LogP contribution in [0, 0.1) is 0 Å². The second kappa shape index (κ2) is 6.89. The van der Waals surface area contributed by atoms with Crippen molar-refractivity contribution in [2.24, 2.45) is 0 Å². The summed E-state index contributed by atoms with van der Waals surface area (Å²) in [6, 6.07) is 0. The molecule has 0 heterocycles. The number of rotatable bonds is 7. The summed E-state index contributed by atoms with van der Waals surface area (Å²) in [6.45, 7) is 16.6. The van der Waals surface area contributed by atoms with Gasteiger partial charge in [-0.15, -0.1) is 0 Å². The van der Waals surface area contributed by atoms with E-state index < -0.39 is 38.3 Å². The zero-order chi connectivity index (χ0) is 13.0. The molecule has 0 aromatic rings. The van der Waals surface area contributed by atoms with Crippen LogP contribution in [0.2, 0.25) is 39.3 Å². The average molecular weight is 367 g/mol. The molecular weight excluding hydrogens is 339 g/mol. The molecule has 0 spiro atoms. The molecular formula is C10H28N2OSi2Sn. The first-order valence-electron chi connectivity index (χ1n) is 5.87. The van der Waals surface area contributed by atoms with E-state index in [1.54, 1.807) is 0 Å². The Bertz CT molecular complexity index is 188. The maximum absolute atomic E-state index is 5.98. The molecule has 6 heteroatoms. The van der Waals surface area contributed by atoms with Crippen LogP contribution in [-0.2, 0) is 3.07 Å². The molecule has 0 rings (SSSR count). The van der Waals surface area contributed by atoms with E-state index in [9.17, 15) is 0 Å². The fourth-order valence-electron chi connectivity index (χ4n) is 1.62. The summed E-state index contributed by atoms with van der Waals surface area (Å²) in [5.41, 5.74) is 0. The van der Waals surface area contributed by atoms with Crippen molar-refractivity contribution < 1.29 is 3.07 Å². The van der Waals surface area contributed by atoms with Gasteiger partial charge in [-0.3, -0.25) is 0 Å². The summed E-state index contributed by atoms with van der Waals surface area (Å²) in [4.78, 5) is 2.19. The van der Waals surface area contributed by atoms with E-state index in [0.717, 1.165) is 13.2 Å². The molecule has 0 aromatic heterocycles. The van der Waals surface area contributed by atoms with E-state index in [4.69, 9.17) is 3.07 Å². The van der Waals surface area contributed by atoms with Crippen LogP contribution in [0.25, 0.3) is 0 Å². The predicted molar refractivity (Wildman–Crippen MR) is 78.8 cm³/mol. The predicted octanol–water partition coefficient (Wildman–Crippen LogP) is 2.07. The van der Waals surface area contributed by atoms with E-state index in [2.05, 4.69) is 60.7 Å². The van der Waals surface area contributed by atoms with Gasteiger partial charge >= 0.3 is 115 Å². The molecule has 0 aliphatic rings. The van der Waals surface area contributed by atoms with Crippen molar-refractivity contribution in [1.29, 1.82) is 0 Å². The van der Waals surface area contributed by atoms with Gasteiger partial charge in [0.25, 0.3) is 0 Å². The van der Waals surface area contributed by atoms with E-state index in [1.807, 2.05) is 0 Å². The van der Waals surface area contributed by atoms with Crippen molar-refractivity contribution in [2.45, 2.75) is 39.3 Å². The summed E-state index contributed by atoms with van der Waals surface area (Å²) >= 11 is -0.790. The molecule has 0 bridgehead atoms. The van der Waals surface area contributed by atoms with Crippen molar-refractivity contribution in [3.05, 3.63) is 0 Å². The zero-order valence-electron chi connectivity index (χ0n) is 12.2. The zero-order valence-corrected chi connectivity index (χ0v) is 17.1. The molecule has 96 valence electrons. The first-order valence-corrected chi connectivity index (χ1v) is 15.2. The van der Waals surface area contributed by atoms with Gasteiger partial charge in [0.05, 0.1) is 0 Å². The first kappa shape index (κ1) is 17.1. The molecule has 0 N–H and O–H groups in total. The molecule has 2 radical (unpaired) electrons. The fourth-order valence-corrected chi connectivity index (χ4v) is 16.7. The van der Waals surface area contributed by atoms with E-state index >= 15 is 0 Å². The molecule has 0 aromatic carbocycles. The summed E-state index contributed by atoms with van der Waals surface area (Å²) < 4.78 is 8.82. The van der Waals surface area contributed by atoms with Crippen LogP contribution in [0.3, 0.4) is 0 Å². The molecule has 0 unspecified atom stereocenters. The molecule has 0 aliphatic heterocycles. The Labute approximate surface area is 115 Å². The van der Waals surface area contributed by atoms with Crippen LogP contribution in [0.5, 0.6) is 0 Å². The summed E-state index contributed by atoms with van der Waals surface area (Å²) in [7, 11) is 1.87. The number of hydrogen-bond donors (Lipinski definition) is 0. The van der Waals surface area contributed by atoms with Crippen LogP contribution in [0.1, 0.15) is 0 Å². The van der Waals surface area contributed by atoms with E-state index in [1.165, 1.54) is 0 Å². The minimum atomic E-state index is -1.17. The Morgan fingerprint density at radius 3 is 1.69 bits per heavy atom. The van der Waals surface area contributed by atoms with Crippen molar-refractivity contribution in [3.8, 4) is 0 Å². The molecule has 0 fully saturated rings. The fraction of sp³-hybridized carbons (Fsp3) is 1.00. The Balaban J connectivity index is 4.16. The van der Waals surface area contributed by atoms with Crippen molar-refractivity contribution >= 4 is 38.3 Å². The van der Waals surface area contributed by atoms with Gasteiger partial charge in [0.1, 0.15) is 0 Å². The third-order valence-electron chi connectivity index (χ3n) is 2.14. The number of nitrogens with zero attached hydrogens (tertiary/aromatic N) is 2. The molecule has 0 saturated carbocycles. The van der Waals surface area contributed by atoms with Gasteiger partial charge in [0, 0.05) is 0 Å². The van der Waals surface area contributed by atoms with E-state index in [-0.39, 0.29) is 0 Å². The average Bonchev–Trinajstić information content (AvgIpc) is 1.97. The Hall–Kier alpha value is 1.11. The van der Waals surface area contributed by atoms with Gasteiger partial charge in [0.15, 0.2) is 0 Å². The SMILES string of the molecule is CN(C)CC[O][Sn][N]([Si](C)(C)C)[Si](C)(C)C. The van der Waals surface area contributed by atoms with Crippen molar-refractivity contribution in [1.82, 2.24) is 7.35 Å². The van der Waals surface area contributed by atoms with Gasteiger partial charge in [-0.25, -0.2) is 0 Å². The van der Waals surface area contributed by atoms with Crippen LogP contribution < -0.4 is 0 Å². The quantitative estimate of drug-likeness (QED) is 0.506. The van der Waals surface area contributed by atoms with Gasteiger partial charge in [-0.1, -0.05) is 0 Å². The van der Waals surface area contributed by atoms with Crippen molar-refractivity contribution in [2.75, 3.05) is 27.2 Å².